The van der Waals surface area contributed by atoms with Gasteiger partial charge in [0.15, 0.2) is 0 Å². The highest BCUT2D eigenvalue weighted by Crippen LogP contribution is 2.31. The highest BCUT2D eigenvalue weighted by atomic mass is 19.1. The van der Waals surface area contributed by atoms with Crippen molar-refractivity contribution in [2.24, 2.45) is 0 Å². The highest BCUT2D eigenvalue weighted by Gasteiger charge is 2.24. The van der Waals surface area contributed by atoms with Gasteiger partial charge in [-0.05, 0) is 30.8 Å². The first-order valence-corrected chi connectivity index (χ1v) is 6.86. The fraction of sp³-hybridized carbons (Fsp3) is 0.176. The van der Waals surface area contributed by atoms with E-state index in [4.69, 9.17) is 4.42 Å². The van der Waals surface area contributed by atoms with Gasteiger partial charge in [0.25, 0.3) is 0 Å². The lowest BCUT2D eigenvalue weighted by Gasteiger charge is -2.17. The number of fused-ring (bicyclic) bond motifs is 1. The topological polar surface area (TPSA) is 25.2 Å². The van der Waals surface area contributed by atoms with E-state index in [2.05, 4.69) is 5.32 Å². The van der Waals surface area contributed by atoms with Crippen LogP contribution in [0.3, 0.4) is 0 Å². The molecule has 3 aromatic rings. The van der Waals surface area contributed by atoms with E-state index in [0.717, 1.165) is 5.39 Å². The number of benzene rings is 2. The minimum atomic E-state index is -0.649. The highest BCUT2D eigenvalue weighted by molar-refractivity contribution is 5.78. The number of nitrogens with one attached hydrogen (secondary N) is 1. The molecule has 2 aromatic carbocycles. The zero-order chi connectivity index (χ0) is 14.8. The normalized spacial score (nSPS) is 12.7. The molecule has 0 spiro atoms. The molecule has 4 heteroatoms. The summed E-state index contributed by atoms with van der Waals surface area (Å²) in [4.78, 5) is 0. The average molecular weight is 287 g/mol. The molecule has 2 nitrogen and oxygen atoms in total. The Morgan fingerprint density at radius 2 is 1.76 bits per heavy atom. The van der Waals surface area contributed by atoms with Gasteiger partial charge >= 0.3 is 0 Å². The van der Waals surface area contributed by atoms with Crippen molar-refractivity contribution >= 4 is 11.0 Å². The van der Waals surface area contributed by atoms with Gasteiger partial charge in [0.05, 0.1) is 6.04 Å². The molecule has 3 rings (SSSR count). The van der Waals surface area contributed by atoms with Crippen LogP contribution in [0.2, 0.25) is 0 Å². The minimum Gasteiger partial charge on any atom is -0.459 e. The van der Waals surface area contributed by atoms with Crippen LogP contribution in [-0.4, -0.2) is 6.54 Å². The molecule has 0 radical (unpaired) electrons. The van der Waals surface area contributed by atoms with Gasteiger partial charge < -0.3 is 9.73 Å². The molecule has 1 heterocycles. The maximum absolute atomic E-state index is 14.0. The average Bonchev–Trinajstić information content (AvgIpc) is 2.89. The van der Waals surface area contributed by atoms with E-state index in [1.165, 1.54) is 18.2 Å². The number of halogens is 2. The standard InChI is InChI=1S/C17H15F2NO/c1-2-20-17(16-12(18)7-5-8-13(16)19)15-10-11-6-3-4-9-14(11)21-15/h3-10,17,20H,2H2,1H3. The van der Waals surface area contributed by atoms with Crippen LogP contribution in [0.1, 0.15) is 24.3 Å². The Labute approximate surface area is 121 Å². The first-order chi connectivity index (χ1) is 10.2. The number of hydrogen-bond donors (Lipinski definition) is 1. The molecular formula is C17H15F2NO. The van der Waals surface area contributed by atoms with Crippen LogP contribution in [0, 0.1) is 11.6 Å². The Hall–Kier alpha value is -2.20. The Morgan fingerprint density at radius 1 is 1.05 bits per heavy atom. The molecule has 0 aliphatic carbocycles. The minimum absolute atomic E-state index is 0.0154. The van der Waals surface area contributed by atoms with E-state index >= 15 is 0 Å². The maximum Gasteiger partial charge on any atom is 0.134 e. The summed E-state index contributed by atoms with van der Waals surface area (Å²) in [6, 6.07) is 12.5. The quantitative estimate of drug-likeness (QED) is 0.769. The van der Waals surface area contributed by atoms with Gasteiger partial charge in [-0.1, -0.05) is 31.2 Å². The summed E-state index contributed by atoms with van der Waals surface area (Å²) < 4.78 is 33.8. The van der Waals surface area contributed by atoms with Gasteiger partial charge in [-0.25, -0.2) is 8.78 Å². The van der Waals surface area contributed by atoms with Crippen LogP contribution < -0.4 is 5.32 Å². The van der Waals surface area contributed by atoms with E-state index in [9.17, 15) is 8.78 Å². The van der Waals surface area contributed by atoms with Crippen LogP contribution in [-0.2, 0) is 0 Å². The van der Waals surface area contributed by atoms with Crippen molar-refractivity contribution in [1.82, 2.24) is 5.32 Å². The predicted octanol–water partition coefficient (Wildman–Crippen LogP) is 4.41. The lowest BCUT2D eigenvalue weighted by molar-refractivity contribution is 0.444. The summed E-state index contributed by atoms with van der Waals surface area (Å²) in [6.07, 6.45) is 0. The van der Waals surface area contributed by atoms with Crippen molar-refractivity contribution in [2.75, 3.05) is 6.54 Å². The monoisotopic (exact) mass is 287 g/mol. The first kappa shape index (κ1) is 13.8. The molecule has 0 aliphatic rings. The van der Waals surface area contributed by atoms with E-state index in [-0.39, 0.29) is 5.56 Å². The van der Waals surface area contributed by atoms with Crippen LogP contribution >= 0.6 is 0 Å². The maximum atomic E-state index is 14.0. The van der Waals surface area contributed by atoms with Gasteiger partial charge in [-0.2, -0.15) is 0 Å². The first-order valence-electron chi connectivity index (χ1n) is 6.86. The molecule has 0 bridgehead atoms. The molecule has 108 valence electrons. The van der Waals surface area contributed by atoms with Crippen molar-refractivity contribution in [1.29, 1.82) is 0 Å². The zero-order valence-electron chi connectivity index (χ0n) is 11.6. The Morgan fingerprint density at radius 3 is 2.43 bits per heavy atom. The second-order valence-electron chi connectivity index (χ2n) is 4.81. The third-order valence-corrected chi connectivity index (χ3v) is 3.43. The van der Waals surface area contributed by atoms with Crippen LogP contribution in [0.5, 0.6) is 0 Å². The van der Waals surface area contributed by atoms with Crippen LogP contribution in [0.4, 0.5) is 8.78 Å². The molecule has 1 N–H and O–H groups in total. The summed E-state index contributed by atoms with van der Waals surface area (Å²) in [6.45, 7) is 2.45. The molecule has 0 amide bonds. The second-order valence-corrected chi connectivity index (χ2v) is 4.81. The number of para-hydroxylation sites is 1. The summed E-state index contributed by atoms with van der Waals surface area (Å²) in [5.74, 6) is -0.662. The molecule has 21 heavy (non-hydrogen) atoms. The van der Waals surface area contributed by atoms with Crippen LogP contribution in [0.25, 0.3) is 11.0 Å². The molecule has 0 saturated carbocycles. The smallest absolute Gasteiger partial charge is 0.134 e. The number of rotatable bonds is 4. The molecule has 1 atom stereocenters. The van der Waals surface area contributed by atoms with Crippen LogP contribution in [0.15, 0.2) is 52.9 Å². The van der Waals surface area contributed by atoms with Gasteiger partial charge in [-0.15, -0.1) is 0 Å². The SMILES string of the molecule is CCNC(c1cc2ccccc2o1)c1c(F)cccc1F. The van der Waals surface area contributed by atoms with Crippen molar-refractivity contribution in [3.63, 3.8) is 0 Å². The Balaban J connectivity index is 2.13. The van der Waals surface area contributed by atoms with E-state index in [1.807, 2.05) is 37.3 Å². The van der Waals surface area contributed by atoms with Gasteiger partial charge in [-0.3, -0.25) is 0 Å². The summed E-state index contributed by atoms with van der Waals surface area (Å²) in [7, 11) is 0. The zero-order valence-corrected chi connectivity index (χ0v) is 11.6. The summed E-state index contributed by atoms with van der Waals surface area (Å²) >= 11 is 0. The number of furan rings is 1. The van der Waals surface area contributed by atoms with Gasteiger partial charge in [0, 0.05) is 10.9 Å². The molecule has 1 unspecified atom stereocenters. The largest absolute Gasteiger partial charge is 0.459 e. The van der Waals surface area contributed by atoms with Gasteiger partial charge in [0.2, 0.25) is 0 Å². The molecule has 1 aromatic heterocycles. The lowest BCUT2D eigenvalue weighted by Crippen LogP contribution is -2.23. The Kier molecular flexibility index (Phi) is 3.71. The second kappa shape index (κ2) is 5.66. The van der Waals surface area contributed by atoms with E-state index in [0.29, 0.717) is 17.9 Å². The van der Waals surface area contributed by atoms with Gasteiger partial charge in [0.1, 0.15) is 23.0 Å². The molecule has 0 saturated heterocycles. The fourth-order valence-electron chi connectivity index (χ4n) is 2.48. The Bertz CT molecular complexity index is 713. The van der Waals surface area contributed by atoms with Crippen molar-refractivity contribution < 1.29 is 13.2 Å². The predicted molar refractivity (Wildman–Crippen MR) is 78.1 cm³/mol. The summed E-state index contributed by atoms with van der Waals surface area (Å²) in [5, 5.41) is 3.99. The van der Waals surface area contributed by atoms with Crippen molar-refractivity contribution in [2.45, 2.75) is 13.0 Å². The molecule has 0 fully saturated rings. The number of hydrogen-bond acceptors (Lipinski definition) is 2. The molecular weight excluding hydrogens is 272 g/mol. The molecule has 0 aliphatic heterocycles. The third-order valence-electron chi connectivity index (χ3n) is 3.43. The summed E-state index contributed by atoms with van der Waals surface area (Å²) in [5.41, 5.74) is 0.686. The van der Waals surface area contributed by atoms with Crippen molar-refractivity contribution in [3.8, 4) is 0 Å². The lowest BCUT2D eigenvalue weighted by atomic mass is 10.0. The van der Waals surface area contributed by atoms with E-state index < -0.39 is 17.7 Å². The van der Waals surface area contributed by atoms with E-state index in [1.54, 1.807) is 0 Å². The fourth-order valence-corrected chi connectivity index (χ4v) is 2.48. The van der Waals surface area contributed by atoms with Crippen molar-refractivity contribution in [3.05, 3.63) is 71.5 Å². The third kappa shape index (κ3) is 2.54.